The van der Waals surface area contributed by atoms with Gasteiger partial charge in [0.2, 0.25) is 0 Å². The maximum Gasteiger partial charge on any atom is 0.269 e. The van der Waals surface area contributed by atoms with Crippen LogP contribution in [-0.2, 0) is 4.79 Å². The van der Waals surface area contributed by atoms with Crippen molar-refractivity contribution in [1.29, 1.82) is 0 Å². The highest BCUT2D eigenvalue weighted by Crippen LogP contribution is 2.21. The van der Waals surface area contributed by atoms with Crippen LogP contribution in [0.25, 0.3) is 0 Å². The van der Waals surface area contributed by atoms with Crippen LogP contribution in [0.5, 0.6) is 5.75 Å². The normalized spacial score (nSPS) is 16.7. The number of anilines is 1. The number of carbonyl (C=O) groups is 1. The Morgan fingerprint density at radius 3 is 2.86 bits per heavy atom. The Bertz CT molecular complexity index is 915. The van der Waals surface area contributed by atoms with E-state index in [2.05, 4.69) is 18.9 Å². The highest BCUT2D eigenvalue weighted by Gasteiger charge is 2.26. The molecule has 1 atom stereocenters. The maximum atomic E-state index is 12.6. The predicted molar refractivity (Wildman–Crippen MR) is 114 cm³/mol. The summed E-state index contributed by atoms with van der Waals surface area (Å²) < 4.78 is 7.06. The molecule has 0 aliphatic carbocycles. The Balaban J connectivity index is 1.64. The van der Waals surface area contributed by atoms with Gasteiger partial charge in [0.1, 0.15) is 5.75 Å². The quantitative estimate of drug-likeness (QED) is 0.721. The second-order valence-corrected chi connectivity index (χ2v) is 8.02. The van der Waals surface area contributed by atoms with E-state index in [1.807, 2.05) is 11.9 Å². The van der Waals surface area contributed by atoms with Crippen LogP contribution in [0.2, 0.25) is 5.02 Å². The average molecular weight is 419 g/mol. The highest BCUT2D eigenvalue weighted by molar-refractivity contribution is 6.30. The number of halogens is 1. The zero-order valence-corrected chi connectivity index (χ0v) is 17.8. The minimum absolute atomic E-state index is 0.0620. The fourth-order valence-electron chi connectivity index (χ4n) is 3.35. The molecule has 0 spiro atoms. The van der Waals surface area contributed by atoms with Crippen molar-refractivity contribution in [1.82, 2.24) is 14.7 Å². The van der Waals surface area contributed by atoms with Gasteiger partial charge in [-0.15, -0.1) is 0 Å². The van der Waals surface area contributed by atoms with Crippen molar-refractivity contribution >= 4 is 23.2 Å². The van der Waals surface area contributed by atoms with Crippen LogP contribution in [0.4, 0.5) is 5.69 Å². The summed E-state index contributed by atoms with van der Waals surface area (Å²) in [6, 6.07) is 8.71. The monoisotopic (exact) mass is 418 g/mol. The first-order valence-corrected chi connectivity index (χ1v) is 10.2. The van der Waals surface area contributed by atoms with Gasteiger partial charge < -0.3 is 14.5 Å². The average Bonchev–Trinajstić information content (AvgIpc) is 2.71. The number of benzene rings is 1. The molecule has 7 nitrogen and oxygen atoms in total. The van der Waals surface area contributed by atoms with Crippen molar-refractivity contribution in [3.8, 4) is 5.75 Å². The predicted octanol–water partition coefficient (Wildman–Crippen LogP) is 2.98. The lowest BCUT2D eigenvalue weighted by atomic mass is 10.1. The summed E-state index contributed by atoms with van der Waals surface area (Å²) in [6.07, 6.45) is 3.34. The number of rotatable bonds is 6. The zero-order valence-electron chi connectivity index (χ0n) is 17.0. The van der Waals surface area contributed by atoms with Crippen molar-refractivity contribution in [2.45, 2.75) is 38.8 Å². The summed E-state index contributed by atoms with van der Waals surface area (Å²) in [6.45, 7) is 5.15. The van der Waals surface area contributed by atoms with Crippen LogP contribution in [0.3, 0.4) is 0 Å². The van der Waals surface area contributed by atoms with E-state index in [9.17, 15) is 9.59 Å². The number of likely N-dealkylation sites (tertiary alicyclic amines) is 1. The van der Waals surface area contributed by atoms with E-state index in [1.165, 1.54) is 4.68 Å². The van der Waals surface area contributed by atoms with E-state index >= 15 is 0 Å². The summed E-state index contributed by atoms with van der Waals surface area (Å²) in [4.78, 5) is 28.9. The molecule has 1 saturated heterocycles. The molecule has 2 aromatic rings. The molecule has 1 aliphatic rings. The van der Waals surface area contributed by atoms with E-state index in [0.29, 0.717) is 23.9 Å². The molecule has 8 heteroatoms. The molecule has 1 aromatic heterocycles. The molecule has 2 heterocycles. The Kier molecular flexibility index (Phi) is 6.79. The highest BCUT2D eigenvalue weighted by atomic mass is 35.5. The van der Waals surface area contributed by atoms with Gasteiger partial charge in [0.15, 0.2) is 6.61 Å². The molecule has 1 aromatic carbocycles. The minimum atomic E-state index is -0.149. The van der Waals surface area contributed by atoms with E-state index in [1.54, 1.807) is 41.4 Å². The Morgan fingerprint density at radius 1 is 1.38 bits per heavy atom. The summed E-state index contributed by atoms with van der Waals surface area (Å²) in [5.41, 5.74) is 0.643. The number of ether oxygens (including phenoxy) is 1. The smallest absolute Gasteiger partial charge is 0.269 e. The second kappa shape index (κ2) is 9.31. The number of carbonyl (C=O) groups excluding carboxylic acids is 1. The third-order valence-electron chi connectivity index (χ3n) is 5.25. The maximum absolute atomic E-state index is 12.6. The Labute approximate surface area is 175 Å². The first kappa shape index (κ1) is 21.2. The van der Waals surface area contributed by atoms with Crippen molar-refractivity contribution in [3.05, 3.63) is 51.9 Å². The lowest BCUT2D eigenvalue weighted by Gasteiger charge is -2.33. The van der Waals surface area contributed by atoms with Crippen molar-refractivity contribution in [2.24, 2.45) is 0 Å². The molecule has 1 aliphatic heterocycles. The van der Waals surface area contributed by atoms with Gasteiger partial charge >= 0.3 is 0 Å². The summed E-state index contributed by atoms with van der Waals surface area (Å²) >= 11 is 5.94. The zero-order chi connectivity index (χ0) is 21.0. The number of hydrogen-bond donors (Lipinski definition) is 0. The van der Waals surface area contributed by atoms with Crippen LogP contribution in [0.1, 0.15) is 32.7 Å². The third-order valence-corrected chi connectivity index (χ3v) is 5.48. The van der Waals surface area contributed by atoms with E-state index in [0.717, 1.165) is 18.5 Å². The molecular formula is C21H27ClN4O3. The standard InChI is InChI=1S/C21H27ClN4O3/c1-15(2)24(3)18-11-20(27)26(23-12-18)17-7-5-9-25(13-17)21(28)14-29-19-8-4-6-16(22)10-19/h4,6,8,10-12,15,17H,5,7,9,13-14H2,1-3H3/t17-/m0/s1. The summed E-state index contributed by atoms with van der Waals surface area (Å²) in [5, 5.41) is 4.94. The summed E-state index contributed by atoms with van der Waals surface area (Å²) in [5.74, 6) is 0.445. The Hall–Kier alpha value is -2.54. The molecule has 29 heavy (non-hydrogen) atoms. The van der Waals surface area contributed by atoms with Gasteiger partial charge in [-0.05, 0) is 44.9 Å². The molecule has 3 rings (SSSR count). The van der Waals surface area contributed by atoms with Gasteiger partial charge in [-0.1, -0.05) is 17.7 Å². The number of piperidine rings is 1. The molecule has 0 saturated carbocycles. The molecule has 1 fully saturated rings. The van der Waals surface area contributed by atoms with Crippen molar-refractivity contribution < 1.29 is 9.53 Å². The van der Waals surface area contributed by atoms with Crippen LogP contribution < -0.4 is 15.2 Å². The van der Waals surface area contributed by atoms with Crippen LogP contribution >= 0.6 is 11.6 Å². The molecule has 1 amide bonds. The molecule has 0 N–H and O–H groups in total. The number of amides is 1. The SMILES string of the molecule is CC(C)N(C)c1cnn([C@H]2CCCN(C(=O)COc3cccc(Cl)c3)C2)c(=O)c1. The Morgan fingerprint density at radius 2 is 2.17 bits per heavy atom. The van der Waals surface area contributed by atoms with Crippen molar-refractivity contribution in [2.75, 3.05) is 31.6 Å². The minimum Gasteiger partial charge on any atom is -0.484 e. The fraction of sp³-hybridized carbons (Fsp3) is 0.476. The second-order valence-electron chi connectivity index (χ2n) is 7.58. The van der Waals surface area contributed by atoms with Gasteiger partial charge in [-0.2, -0.15) is 5.10 Å². The lowest BCUT2D eigenvalue weighted by molar-refractivity contribution is -0.135. The van der Waals surface area contributed by atoms with Crippen molar-refractivity contribution in [3.63, 3.8) is 0 Å². The topological polar surface area (TPSA) is 67.7 Å². The first-order chi connectivity index (χ1) is 13.8. The molecule has 0 bridgehead atoms. The van der Waals surface area contributed by atoms with E-state index in [4.69, 9.17) is 16.3 Å². The first-order valence-electron chi connectivity index (χ1n) is 9.83. The molecule has 0 radical (unpaired) electrons. The van der Waals surface area contributed by atoms with E-state index in [-0.39, 0.29) is 30.2 Å². The van der Waals surface area contributed by atoms with Gasteiger partial charge in [-0.3, -0.25) is 9.59 Å². The lowest BCUT2D eigenvalue weighted by Crippen LogP contribution is -2.45. The third kappa shape index (κ3) is 5.29. The number of hydrogen-bond acceptors (Lipinski definition) is 5. The van der Waals surface area contributed by atoms with Gasteiger partial charge in [0.25, 0.3) is 11.5 Å². The molecule has 156 valence electrons. The van der Waals surface area contributed by atoms with Gasteiger partial charge in [-0.25, -0.2) is 4.68 Å². The van der Waals surface area contributed by atoms with Gasteiger partial charge in [0, 0.05) is 37.3 Å². The fourth-order valence-corrected chi connectivity index (χ4v) is 3.53. The van der Waals surface area contributed by atoms with Crippen LogP contribution in [-0.4, -0.2) is 53.4 Å². The van der Waals surface area contributed by atoms with Crippen LogP contribution in [0.15, 0.2) is 41.3 Å². The molecule has 0 unspecified atom stereocenters. The summed E-state index contributed by atoms with van der Waals surface area (Å²) in [7, 11) is 1.94. The van der Waals surface area contributed by atoms with E-state index < -0.39 is 0 Å². The van der Waals surface area contributed by atoms with Gasteiger partial charge in [0.05, 0.1) is 17.9 Å². The molecular weight excluding hydrogens is 392 g/mol. The van der Waals surface area contributed by atoms with Crippen LogP contribution in [0, 0.1) is 0 Å². The number of aromatic nitrogens is 2. The largest absolute Gasteiger partial charge is 0.484 e. The number of nitrogens with zero attached hydrogens (tertiary/aromatic N) is 4.